The summed E-state index contributed by atoms with van der Waals surface area (Å²) in [5.41, 5.74) is 1.75. The molecule has 27 heavy (non-hydrogen) atoms. The fourth-order valence-electron chi connectivity index (χ4n) is 2.34. The lowest BCUT2D eigenvalue weighted by Crippen LogP contribution is -2.16. The van der Waals surface area contributed by atoms with Gasteiger partial charge in [-0.2, -0.15) is 0 Å². The molecule has 0 fully saturated rings. The van der Waals surface area contributed by atoms with Gasteiger partial charge in [-0.25, -0.2) is 4.68 Å². The van der Waals surface area contributed by atoms with Crippen molar-refractivity contribution in [3.63, 3.8) is 0 Å². The zero-order chi connectivity index (χ0) is 19.4. The van der Waals surface area contributed by atoms with Gasteiger partial charge in [-0.05, 0) is 31.2 Å². The van der Waals surface area contributed by atoms with E-state index in [0.29, 0.717) is 32.8 Å². The van der Waals surface area contributed by atoms with E-state index in [0.717, 1.165) is 11.8 Å². The Morgan fingerprint density at radius 1 is 1.19 bits per heavy atom. The number of halogens is 1. The summed E-state index contributed by atoms with van der Waals surface area (Å²) < 4.78 is 1.30. The first kappa shape index (κ1) is 18.9. The van der Waals surface area contributed by atoms with Gasteiger partial charge in [-0.3, -0.25) is 9.59 Å². The van der Waals surface area contributed by atoms with Gasteiger partial charge in [0.15, 0.2) is 11.6 Å². The zero-order valence-corrected chi connectivity index (χ0v) is 15.9. The van der Waals surface area contributed by atoms with Crippen molar-refractivity contribution in [3.8, 4) is 11.4 Å². The number of ketones is 1. The molecule has 2 aromatic carbocycles. The van der Waals surface area contributed by atoms with Crippen molar-refractivity contribution in [1.29, 1.82) is 0 Å². The number of anilines is 1. The highest BCUT2D eigenvalue weighted by atomic mass is 35.5. The van der Waals surface area contributed by atoms with E-state index in [1.165, 1.54) is 11.6 Å². The predicted octanol–water partition coefficient (Wildman–Crippen LogP) is 3.25. The van der Waals surface area contributed by atoms with Crippen molar-refractivity contribution in [3.05, 3.63) is 59.1 Å². The van der Waals surface area contributed by atoms with Crippen molar-refractivity contribution < 1.29 is 9.59 Å². The number of nitrogens with zero attached hydrogens (tertiary/aromatic N) is 3. The van der Waals surface area contributed by atoms with Crippen molar-refractivity contribution in [1.82, 2.24) is 14.9 Å². The fourth-order valence-corrected chi connectivity index (χ4v) is 3.22. The van der Waals surface area contributed by atoms with Crippen LogP contribution in [0, 0.1) is 0 Å². The number of rotatable bonds is 6. The Balaban J connectivity index is 1.65. The lowest BCUT2D eigenvalue weighted by molar-refractivity contribution is -0.113. The van der Waals surface area contributed by atoms with E-state index in [2.05, 4.69) is 15.5 Å². The van der Waals surface area contributed by atoms with Gasteiger partial charge in [0.2, 0.25) is 11.1 Å². The predicted molar refractivity (Wildman–Crippen MR) is 106 cm³/mol. The van der Waals surface area contributed by atoms with Crippen LogP contribution in [0.1, 0.15) is 17.3 Å². The third-order valence-electron chi connectivity index (χ3n) is 3.66. The Morgan fingerprint density at radius 2 is 1.96 bits per heavy atom. The molecule has 138 valence electrons. The third-order valence-corrected chi connectivity index (χ3v) is 4.94. The van der Waals surface area contributed by atoms with E-state index >= 15 is 0 Å². The molecule has 0 aliphatic rings. The van der Waals surface area contributed by atoms with Gasteiger partial charge in [0.05, 0.1) is 10.8 Å². The van der Waals surface area contributed by atoms with Crippen molar-refractivity contribution >= 4 is 40.7 Å². The van der Waals surface area contributed by atoms with Crippen LogP contribution >= 0.6 is 23.4 Å². The lowest BCUT2D eigenvalue weighted by atomic mass is 10.1. The van der Waals surface area contributed by atoms with Gasteiger partial charge < -0.3 is 11.2 Å². The summed E-state index contributed by atoms with van der Waals surface area (Å²) in [5, 5.41) is 11.7. The largest absolute Gasteiger partial charge is 0.335 e. The van der Waals surface area contributed by atoms with Crippen LogP contribution in [0.4, 0.5) is 5.69 Å². The lowest BCUT2D eigenvalue weighted by Gasteiger charge is -2.07. The Hall–Kier alpha value is -2.84. The standard InChI is InChI=1S/C18H16ClN5O2S/c1-11(25)12-5-4-6-13(9-12)21-16(26)10-27-18-23-22-17(24(18)20)14-7-2-3-8-15(14)19/h2-9H,10,20H2,1H3,(H,21,26). The molecule has 0 unspecified atom stereocenters. The molecule has 7 nitrogen and oxygen atoms in total. The summed E-state index contributed by atoms with van der Waals surface area (Å²) in [6.45, 7) is 1.47. The number of Topliss-reactive ketones (excluding diaryl/α,β-unsaturated/α-hetero) is 1. The maximum atomic E-state index is 12.2. The Labute approximate surface area is 164 Å². The van der Waals surface area contributed by atoms with E-state index < -0.39 is 0 Å². The molecule has 0 saturated heterocycles. The van der Waals surface area contributed by atoms with Gasteiger partial charge in [-0.15, -0.1) is 10.2 Å². The zero-order valence-electron chi connectivity index (χ0n) is 14.3. The number of thioether (sulfide) groups is 1. The number of carbonyl (C=O) groups is 2. The van der Waals surface area contributed by atoms with E-state index in [1.807, 2.05) is 12.1 Å². The summed E-state index contributed by atoms with van der Waals surface area (Å²) in [7, 11) is 0. The number of nitrogens with two attached hydrogens (primary N) is 1. The Kier molecular flexibility index (Phi) is 5.78. The van der Waals surface area contributed by atoms with E-state index in [1.54, 1.807) is 36.4 Å². The minimum absolute atomic E-state index is 0.0659. The summed E-state index contributed by atoms with van der Waals surface area (Å²) in [5.74, 6) is 6.23. The van der Waals surface area contributed by atoms with Gasteiger partial charge in [0.25, 0.3) is 0 Å². The van der Waals surface area contributed by atoms with Gasteiger partial charge in [0.1, 0.15) is 0 Å². The molecule has 0 saturated carbocycles. The van der Waals surface area contributed by atoms with Crippen LogP contribution in [0.5, 0.6) is 0 Å². The highest BCUT2D eigenvalue weighted by molar-refractivity contribution is 7.99. The third kappa shape index (κ3) is 4.47. The number of hydrogen-bond acceptors (Lipinski definition) is 6. The molecule has 1 heterocycles. The van der Waals surface area contributed by atoms with Crippen LogP contribution in [-0.2, 0) is 4.79 Å². The second kappa shape index (κ2) is 8.24. The first-order chi connectivity index (χ1) is 13.0. The summed E-state index contributed by atoms with van der Waals surface area (Å²) in [6, 6.07) is 13.9. The molecular formula is C18H16ClN5O2S. The molecule has 1 amide bonds. The first-order valence-corrected chi connectivity index (χ1v) is 9.31. The van der Waals surface area contributed by atoms with Crippen molar-refractivity contribution in [2.24, 2.45) is 0 Å². The highest BCUT2D eigenvalue weighted by Gasteiger charge is 2.15. The SMILES string of the molecule is CC(=O)c1cccc(NC(=O)CSc2nnc(-c3ccccc3Cl)n2N)c1. The van der Waals surface area contributed by atoms with Crippen molar-refractivity contribution in [2.45, 2.75) is 12.1 Å². The number of nitrogen functional groups attached to an aromatic ring is 1. The van der Waals surface area contributed by atoms with Crippen LogP contribution < -0.4 is 11.2 Å². The quantitative estimate of drug-likeness (QED) is 0.373. The summed E-state index contributed by atoms with van der Waals surface area (Å²) in [4.78, 5) is 23.6. The van der Waals surface area contributed by atoms with Crippen LogP contribution in [0.2, 0.25) is 5.02 Å². The van der Waals surface area contributed by atoms with Crippen LogP contribution in [0.25, 0.3) is 11.4 Å². The minimum Gasteiger partial charge on any atom is -0.335 e. The first-order valence-electron chi connectivity index (χ1n) is 7.94. The van der Waals surface area contributed by atoms with Gasteiger partial charge >= 0.3 is 0 Å². The summed E-state index contributed by atoms with van der Waals surface area (Å²) >= 11 is 7.31. The average molecular weight is 402 g/mol. The molecule has 1 aromatic heterocycles. The number of aromatic nitrogens is 3. The number of hydrogen-bond donors (Lipinski definition) is 2. The molecule has 3 N–H and O–H groups in total. The molecule has 0 bridgehead atoms. The van der Waals surface area contributed by atoms with Crippen molar-refractivity contribution in [2.75, 3.05) is 16.9 Å². The maximum absolute atomic E-state index is 12.2. The molecule has 0 aliphatic carbocycles. The van der Waals surface area contributed by atoms with Crippen LogP contribution in [0.15, 0.2) is 53.7 Å². The molecule has 0 radical (unpaired) electrons. The molecule has 0 aliphatic heterocycles. The second-order valence-corrected chi connectivity index (χ2v) is 6.98. The smallest absolute Gasteiger partial charge is 0.234 e. The highest BCUT2D eigenvalue weighted by Crippen LogP contribution is 2.27. The van der Waals surface area contributed by atoms with Crippen LogP contribution in [-0.4, -0.2) is 32.3 Å². The fraction of sp³-hybridized carbons (Fsp3) is 0.111. The number of nitrogens with one attached hydrogen (secondary N) is 1. The molecular weight excluding hydrogens is 386 g/mol. The minimum atomic E-state index is -0.247. The topological polar surface area (TPSA) is 103 Å². The number of benzene rings is 2. The normalized spacial score (nSPS) is 10.6. The molecule has 9 heteroatoms. The van der Waals surface area contributed by atoms with E-state index in [4.69, 9.17) is 17.4 Å². The molecule has 0 spiro atoms. The Bertz CT molecular complexity index is 1000. The average Bonchev–Trinajstić information content (AvgIpc) is 3.01. The number of amides is 1. The van der Waals surface area contributed by atoms with E-state index in [-0.39, 0.29) is 17.4 Å². The van der Waals surface area contributed by atoms with Gasteiger partial charge in [0, 0.05) is 16.8 Å². The monoisotopic (exact) mass is 401 g/mol. The van der Waals surface area contributed by atoms with E-state index in [9.17, 15) is 9.59 Å². The Morgan fingerprint density at radius 3 is 2.70 bits per heavy atom. The maximum Gasteiger partial charge on any atom is 0.234 e. The second-order valence-electron chi connectivity index (χ2n) is 5.63. The van der Waals surface area contributed by atoms with Crippen LogP contribution in [0.3, 0.4) is 0 Å². The molecule has 3 aromatic rings. The molecule has 3 rings (SSSR count). The summed E-state index contributed by atoms with van der Waals surface area (Å²) in [6.07, 6.45) is 0. The number of carbonyl (C=O) groups excluding carboxylic acids is 2. The molecule has 0 atom stereocenters. The van der Waals surface area contributed by atoms with Gasteiger partial charge in [-0.1, -0.05) is 47.6 Å².